The van der Waals surface area contributed by atoms with E-state index in [0.717, 1.165) is 6.42 Å². The molecule has 0 amide bonds. The Morgan fingerprint density at radius 2 is 1.82 bits per heavy atom. The Hall–Kier alpha value is -3.84. The number of rotatable bonds is 8. The predicted molar refractivity (Wildman–Crippen MR) is 125 cm³/mol. The highest BCUT2D eigenvalue weighted by Crippen LogP contribution is 2.26. The Kier molecular flexibility index (Phi) is 7.13. The molecule has 0 saturated carbocycles. The summed E-state index contributed by atoms with van der Waals surface area (Å²) in [4.78, 5) is 24.7. The Balaban J connectivity index is 1.48. The van der Waals surface area contributed by atoms with Crippen LogP contribution in [0.25, 0.3) is 11.0 Å². The number of fused-ring (bicyclic) bond motifs is 1. The fourth-order valence-electron chi connectivity index (χ4n) is 3.14. The molecule has 0 unspecified atom stereocenters. The van der Waals surface area contributed by atoms with Crippen molar-refractivity contribution in [3.8, 4) is 17.2 Å². The van der Waals surface area contributed by atoms with Gasteiger partial charge in [0, 0.05) is 11.6 Å². The maximum atomic E-state index is 13.9. The summed E-state index contributed by atoms with van der Waals surface area (Å²) in [6, 6.07) is 15.3. The third kappa shape index (κ3) is 5.21. The van der Waals surface area contributed by atoms with Crippen molar-refractivity contribution < 1.29 is 27.8 Å². The lowest BCUT2D eigenvalue weighted by molar-refractivity contribution is 0.0505. The second kappa shape index (κ2) is 10.4. The van der Waals surface area contributed by atoms with Crippen LogP contribution in [0.3, 0.4) is 0 Å². The van der Waals surface area contributed by atoms with Crippen LogP contribution in [0.2, 0.25) is 5.02 Å². The molecule has 1 heterocycles. The number of hydrogen-bond donors (Lipinski definition) is 0. The van der Waals surface area contributed by atoms with Crippen LogP contribution in [-0.4, -0.2) is 12.6 Å². The number of benzene rings is 3. The molecule has 3 aromatic carbocycles. The Bertz CT molecular complexity index is 1360. The van der Waals surface area contributed by atoms with Gasteiger partial charge in [0.15, 0.2) is 0 Å². The van der Waals surface area contributed by atoms with Crippen LogP contribution < -0.4 is 14.9 Å². The minimum Gasteiger partial charge on any atom is -0.489 e. The molecule has 6 nitrogen and oxygen atoms in total. The highest BCUT2D eigenvalue weighted by Gasteiger charge is 2.13. The first-order valence-corrected chi connectivity index (χ1v) is 10.9. The van der Waals surface area contributed by atoms with Gasteiger partial charge in [-0.05, 0) is 55.0 Å². The SMILES string of the molecule is CCCOC(=O)c1ccc(Oc2coc3cc(OCc4c(F)cccc4Cl)ccc3c2=O)cc1. The first kappa shape index (κ1) is 23.3. The molecule has 0 aliphatic carbocycles. The average Bonchev–Trinajstić information content (AvgIpc) is 2.84. The van der Waals surface area contributed by atoms with Crippen LogP contribution in [-0.2, 0) is 11.3 Å². The summed E-state index contributed by atoms with van der Waals surface area (Å²) in [5.41, 5.74) is 0.523. The van der Waals surface area contributed by atoms with E-state index in [4.69, 9.17) is 30.2 Å². The van der Waals surface area contributed by atoms with Crippen molar-refractivity contribution >= 4 is 28.5 Å². The molecule has 4 aromatic rings. The summed E-state index contributed by atoms with van der Waals surface area (Å²) in [5, 5.41) is 0.550. The molecule has 0 spiro atoms. The number of carbonyl (C=O) groups excluding carboxylic acids is 1. The van der Waals surface area contributed by atoms with Crippen molar-refractivity contribution in [3.63, 3.8) is 0 Å². The van der Waals surface area contributed by atoms with Crippen molar-refractivity contribution in [1.82, 2.24) is 0 Å². The highest BCUT2D eigenvalue weighted by atomic mass is 35.5. The second-order valence-corrected chi connectivity index (χ2v) is 7.75. The van der Waals surface area contributed by atoms with E-state index >= 15 is 0 Å². The third-order valence-electron chi connectivity index (χ3n) is 4.91. The maximum absolute atomic E-state index is 13.9. The maximum Gasteiger partial charge on any atom is 0.338 e. The summed E-state index contributed by atoms with van der Waals surface area (Å²) in [6.07, 6.45) is 1.93. The van der Waals surface area contributed by atoms with E-state index < -0.39 is 11.8 Å². The number of halogens is 2. The molecule has 1 aromatic heterocycles. The number of ether oxygens (including phenoxy) is 3. The second-order valence-electron chi connectivity index (χ2n) is 7.34. The van der Waals surface area contributed by atoms with Crippen LogP contribution in [0.4, 0.5) is 4.39 Å². The van der Waals surface area contributed by atoms with Gasteiger partial charge >= 0.3 is 5.97 Å². The summed E-state index contributed by atoms with van der Waals surface area (Å²) >= 11 is 6.02. The molecular formula is C26H20ClFO6. The van der Waals surface area contributed by atoms with Gasteiger partial charge in [0.2, 0.25) is 11.2 Å². The van der Waals surface area contributed by atoms with E-state index in [9.17, 15) is 14.0 Å². The van der Waals surface area contributed by atoms with Gasteiger partial charge in [0.25, 0.3) is 0 Å². The zero-order chi connectivity index (χ0) is 24.1. The van der Waals surface area contributed by atoms with Crippen LogP contribution >= 0.6 is 11.6 Å². The highest BCUT2D eigenvalue weighted by molar-refractivity contribution is 6.31. The quantitative estimate of drug-likeness (QED) is 0.266. The molecule has 4 rings (SSSR count). The van der Waals surface area contributed by atoms with Crippen LogP contribution in [0.15, 0.2) is 76.1 Å². The number of hydrogen-bond acceptors (Lipinski definition) is 6. The lowest BCUT2D eigenvalue weighted by atomic mass is 10.2. The molecule has 8 heteroatoms. The van der Waals surface area contributed by atoms with Gasteiger partial charge in [0.1, 0.15) is 35.8 Å². The van der Waals surface area contributed by atoms with Crippen molar-refractivity contribution in [2.75, 3.05) is 6.61 Å². The van der Waals surface area contributed by atoms with Gasteiger partial charge in [-0.15, -0.1) is 0 Å². The zero-order valence-corrected chi connectivity index (χ0v) is 18.9. The normalized spacial score (nSPS) is 10.8. The van der Waals surface area contributed by atoms with E-state index in [-0.39, 0.29) is 39.3 Å². The van der Waals surface area contributed by atoms with E-state index in [0.29, 0.717) is 23.7 Å². The summed E-state index contributed by atoms with van der Waals surface area (Å²) < 4.78 is 35.9. The molecule has 0 bridgehead atoms. The van der Waals surface area contributed by atoms with Crippen molar-refractivity contribution in [3.05, 3.63) is 99.1 Å². The molecule has 0 aliphatic heterocycles. The monoisotopic (exact) mass is 482 g/mol. The fourth-order valence-corrected chi connectivity index (χ4v) is 3.36. The summed E-state index contributed by atoms with van der Waals surface area (Å²) in [7, 11) is 0. The minimum atomic E-state index is -0.465. The van der Waals surface area contributed by atoms with Crippen molar-refractivity contribution in [2.24, 2.45) is 0 Å². The number of esters is 1. The molecule has 0 atom stereocenters. The molecule has 0 saturated heterocycles. The average molecular weight is 483 g/mol. The molecule has 174 valence electrons. The topological polar surface area (TPSA) is 75.0 Å². The van der Waals surface area contributed by atoms with E-state index in [2.05, 4.69) is 0 Å². The van der Waals surface area contributed by atoms with E-state index in [1.807, 2.05) is 6.92 Å². The predicted octanol–water partition coefficient (Wildman–Crippen LogP) is 6.52. The third-order valence-corrected chi connectivity index (χ3v) is 5.27. The zero-order valence-electron chi connectivity index (χ0n) is 18.2. The molecule has 34 heavy (non-hydrogen) atoms. The van der Waals surface area contributed by atoms with Gasteiger partial charge in [-0.2, -0.15) is 0 Å². The number of carbonyl (C=O) groups is 1. The van der Waals surface area contributed by atoms with Crippen molar-refractivity contribution in [1.29, 1.82) is 0 Å². The van der Waals surface area contributed by atoms with E-state index in [1.165, 1.54) is 24.5 Å². The van der Waals surface area contributed by atoms with Crippen LogP contribution in [0, 0.1) is 5.82 Å². The fraction of sp³-hybridized carbons (Fsp3) is 0.154. The summed E-state index contributed by atoms with van der Waals surface area (Å²) in [6.45, 7) is 2.18. The van der Waals surface area contributed by atoms with Gasteiger partial charge < -0.3 is 18.6 Å². The molecule has 0 N–H and O–H groups in total. The largest absolute Gasteiger partial charge is 0.489 e. The first-order chi connectivity index (χ1) is 16.5. The summed E-state index contributed by atoms with van der Waals surface area (Å²) in [5.74, 6) is -0.156. The molecule has 0 aliphatic rings. The van der Waals surface area contributed by atoms with Gasteiger partial charge in [-0.3, -0.25) is 4.79 Å². The lowest BCUT2D eigenvalue weighted by Crippen LogP contribution is -2.07. The Labute approximate surface area is 199 Å². The smallest absolute Gasteiger partial charge is 0.338 e. The minimum absolute atomic E-state index is 0.0133. The molecule has 0 radical (unpaired) electrons. The molecular weight excluding hydrogens is 463 g/mol. The first-order valence-electron chi connectivity index (χ1n) is 10.5. The van der Waals surface area contributed by atoms with Gasteiger partial charge in [-0.1, -0.05) is 24.6 Å². The molecule has 0 fully saturated rings. The standard InChI is InChI=1S/C26H20ClFO6/c1-2-12-31-26(30)16-6-8-17(9-7-16)34-24-15-33-23-13-18(10-11-19(23)25(24)29)32-14-20-21(27)4-3-5-22(20)28/h3-11,13,15H,2,12,14H2,1H3. The van der Waals surface area contributed by atoms with Gasteiger partial charge in [-0.25, -0.2) is 9.18 Å². The van der Waals surface area contributed by atoms with Gasteiger partial charge in [0.05, 0.1) is 22.6 Å². The van der Waals surface area contributed by atoms with Crippen LogP contribution in [0.5, 0.6) is 17.2 Å². The lowest BCUT2D eigenvalue weighted by Gasteiger charge is -2.10. The Morgan fingerprint density at radius 1 is 1.06 bits per heavy atom. The van der Waals surface area contributed by atoms with Crippen molar-refractivity contribution in [2.45, 2.75) is 20.0 Å². The Morgan fingerprint density at radius 3 is 2.56 bits per heavy atom. The van der Waals surface area contributed by atoms with Crippen LogP contribution in [0.1, 0.15) is 29.3 Å². The van der Waals surface area contributed by atoms with E-state index in [1.54, 1.807) is 42.5 Å².